The molecule has 0 saturated carbocycles. The fourth-order valence-corrected chi connectivity index (χ4v) is 1.85. The van der Waals surface area contributed by atoms with E-state index in [4.69, 9.17) is 0 Å². The number of unbranched alkanes of at least 4 members (excludes halogenated alkanes) is 3. The summed E-state index contributed by atoms with van der Waals surface area (Å²) in [5.74, 6) is 1.81. The molecule has 0 amide bonds. The lowest BCUT2D eigenvalue weighted by molar-refractivity contribution is -0.105. The Hall–Kier alpha value is 0.500. The second kappa shape index (κ2) is 10.5. The summed E-state index contributed by atoms with van der Waals surface area (Å²) in [5.41, 5.74) is 0. The van der Waals surface area contributed by atoms with Crippen molar-refractivity contribution in [2.45, 2.75) is 25.7 Å². The van der Waals surface area contributed by atoms with Crippen LogP contribution in [0.15, 0.2) is 0 Å². The Morgan fingerprint density at radius 2 is 1.91 bits per heavy atom. The zero-order valence-corrected chi connectivity index (χ0v) is 9.12. The number of aldehydes is 1. The van der Waals surface area contributed by atoms with Gasteiger partial charge in [-0.15, -0.1) is 0 Å². The molecule has 1 nitrogen and oxygen atoms in total. The summed E-state index contributed by atoms with van der Waals surface area (Å²) in [7, 11) is 0. The first-order valence-corrected chi connectivity index (χ1v) is 6.26. The monoisotopic (exact) mass is 238 g/mol. The molecule has 66 valence electrons. The van der Waals surface area contributed by atoms with Gasteiger partial charge in [0.1, 0.15) is 6.29 Å². The van der Waals surface area contributed by atoms with Gasteiger partial charge in [0.25, 0.3) is 0 Å². The molecular weight excluding hydrogens is 224 g/mol. The van der Waals surface area contributed by atoms with Gasteiger partial charge >= 0.3 is 0 Å². The maximum atomic E-state index is 9.91. The van der Waals surface area contributed by atoms with E-state index in [9.17, 15) is 4.79 Å². The van der Waals surface area contributed by atoms with Crippen LogP contribution in [-0.2, 0) is 4.79 Å². The van der Waals surface area contributed by atoms with E-state index in [1.54, 1.807) is 11.8 Å². The first-order chi connectivity index (χ1) is 5.41. The highest BCUT2D eigenvalue weighted by Gasteiger charge is 1.89. The van der Waals surface area contributed by atoms with E-state index in [0.717, 1.165) is 17.4 Å². The van der Waals surface area contributed by atoms with E-state index in [1.807, 2.05) is 0 Å². The summed E-state index contributed by atoms with van der Waals surface area (Å²) in [5, 5.41) is 1.12. The van der Waals surface area contributed by atoms with Gasteiger partial charge < -0.3 is 4.79 Å². The van der Waals surface area contributed by atoms with Crippen LogP contribution < -0.4 is 0 Å². The predicted molar refractivity (Wildman–Crippen MR) is 55.7 cm³/mol. The molecule has 0 aliphatic heterocycles. The molecule has 0 spiro atoms. The third-order valence-corrected chi connectivity index (χ3v) is 2.87. The summed E-state index contributed by atoms with van der Waals surface area (Å²) in [6.07, 6.45) is 6.12. The molecule has 11 heavy (non-hydrogen) atoms. The Balaban J connectivity index is 2.74. The van der Waals surface area contributed by atoms with Crippen LogP contribution in [0.3, 0.4) is 0 Å². The molecule has 0 atom stereocenters. The molecule has 0 aliphatic carbocycles. The molecule has 0 saturated heterocycles. The maximum Gasteiger partial charge on any atom is 0.129 e. The van der Waals surface area contributed by atoms with Crippen LogP contribution in [0.5, 0.6) is 0 Å². The molecular formula is C8H15BrOS. The van der Waals surface area contributed by atoms with Crippen molar-refractivity contribution in [2.75, 3.05) is 16.8 Å². The lowest BCUT2D eigenvalue weighted by Gasteiger charge is -1.97. The summed E-state index contributed by atoms with van der Waals surface area (Å²) >= 11 is 5.12. The molecule has 0 aromatic rings. The van der Waals surface area contributed by atoms with Gasteiger partial charge in [0, 0.05) is 11.1 Å². The number of thioether (sulfide) groups is 1. The minimum Gasteiger partial charge on any atom is -0.302 e. The first kappa shape index (κ1) is 11.5. The summed E-state index contributed by atoms with van der Waals surface area (Å²) in [4.78, 5) is 9.91. The van der Waals surface area contributed by atoms with Gasteiger partial charge in [-0.05, 0) is 18.6 Å². The largest absolute Gasteiger partial charge is 0.302 e. The van der Waals surface area contributed by atoms with Crippen LogP contribution in [0.2, 0.25) is 0 Å². The van der Waals surface area contributed by atoms with Crippen molar-refractivity contribution in [3.05, 3.63) is 0 Å². The summed E-state index contributed by atoms with van der Waals surface area (Å²) < 4.78 is 0. The van der Waals surface area contributed by atoms with Crippen molar-refractivity contribution in [1.82, 2.24) is 0 Å². The number of carbonyl (C=O) groups is 1. The fraction of sp³-hybridized carbons (Fsp3) is 0.875. The van der Waals surface area contributed by atoms with Gasteiger partial charge in [-0.2, -0.15) is 11.8 Å². The number of hydrogen-bond donors (Lipinski definition) is 0. The average Bonchev–Trinajstić information content (AvgIpc) is 2.03. The number of halogens is 1. The molecule has 0 bridgehead atoms. The Labute approximate surface area is 81.4 Å². The molecule has 0 aromatic carbocycles. The number of alkyl halides is 1. The molecule has 3 heteroatoms. The Bertz CT molecular complexity index is 88.2. The SMILES string of the molecule is O=CCSCCCCCCBr. The topological polar surface area (TPSA) is 17.1 Å². The standard InChI is InChI=1S/C8H15BrOS/c9-5-3-1-2-4-7-11-8-6-10/h6H,1-5,7-8H2. The van der Waals surface area contributed by atoms with Gasteiger partial charge in [0.05, 0.1) is 0 Å². The normalized spacial score (nSPS) is 9.91. The minimum atomic E-state index is 0.665. The van der Waals surface area contributed by atoms with E-state index in [1.165, 1.54) is 25.7 Å². The number of hydrogen-bond acceptors (Lipinski definition) is 2. The van der Waals surface area contributed by atoms with Gasteiger partial charge in [0.2, 0.25) is 0 Å². The third kappa shape index (κ3) is 10.5. The van der Waals surface area contributed by atoms with Gasteiger partial charge in [-0.3, -0.25) is 0 Å². The van der Waals surface area contributed by atoms with Crippen LogP contribution >= 0.6 is 27.7 Å². The van der Waals surface area contributed by atoms with Gasteiger partial charge in [0.15, 0.2) is 0 Å². The van der Waals surface area contributed by atoms with Crippen molar-refractivity contribution >= 4 is 34.0 Å². The lowest BCUT2D eigenvalue weighted by atomic mass is 10.2. The minimum absolute atomic E-state index is 0.665. The average molecular weight is 239 g/mol. The molecule has 0 aliphatic rings. The molecule has 0 unspecified atom stereocenters. The second-order valence-corrected chi connectivity index (χ2v) is 4.29. The fourth-order valence-electron chi connectivity index (χ4n) is 0.784. The van der Waals surface area contributed by atoms with E-state index in [0.29, 0.717) is 5.75 Å². The van der Waals surface area contributed by atoms with Crippen LogP contribution in [0.4, 0.5) is 0 Å². The quantitative estimate of drug-likeness (QED) is 0.368. The van der Waals surface area contributed by atoms with E-state index in [2.05, 4.69) is 15.9 Å². The van der Waals surface area contributed by atoms with Gasteiger partial charge in [-0.1, -0.05) is 28.8 Å². The van der Waals surface area contributed by atoms with Crippen molar-refractivity contribution in [1.29, 1.82) is 0 Å². The molecule has 0 fully saturated rings. The Morgan fingerprint density at radius 3 is 2.55 bits per heavy atom. The molecule has 0 N–H and O–H groups in total. The zero-order valence-electron chi connectivity index (χ0n) is 6.72. The Kier molecular flexibility index (Phi) is 11.0. The number of rotatable bonds is 8. The van der Waals surface area contributed by atoms with Crippen LogP contribution in [0.1, 0.15) is 25.7 Å². The van der Waals surface area contributed by atoms with Crippen molar-refractivity contribution in [3.63, 3.8) is 0 Å². The van der Waals surface area contributed by atoms with Crippen LogP contribution in [0.25, 0.3) is 0 Å². The van der Waals surface area contributed by atoms with Crippen molar-refractivity contribution in [3.8, 4) is 0 Å². The lowest BCUT2D eigenvalue weighted by Crippen LogP contribution is -1.85. The number of carbonyl (C=O) groups excluding carboxylic acids is 1. The van der Waals surface area contributed by atoms with Crippen LogP contribution in [-0.4, -0.2) is 23.1 Å². The highest BCUT2D eigenvalue weighted by Crippen LogP contribution is 2.07. The van der Waals surface area contributed by atoms with E-state index >= 15 is 0 Å². The summed E-state index contributed by atoms with van der Waals surface area (Å²) in [6, 6.07) is 0. The molecule has 0 heterocycles. The maximum absolute atomic E-state index is 9.91. The smallest absolute Gasteiger partial charge is 0.129 e. The molecule has 0 aromatic heterocycles. The second-order valence-electron chi connectivity index (χ2n) is 2.34. The van der Waals surface area contributed by atoms with E-state index < -0.39 is 0 Å². The molecule has 0 radical (unpaired) electrons. The van der Waals surface area contributed by atoms with Crippen LogP contribution in [0, 0.1) is 0 Å². The van der Waals surface area contributed by atoms with Crippen molar-refractivity contribution in [2.24, 2.45) is 0 Å². The van der Waals surface area contributed by atoms with Gasteiger partial charge in [-0.25, -0.2) is 0 Å². The third-order valence-electron chi connectivity index (χ3n) is 1.36. The summed E-state index contributed by atoms with van der Waals surface area (Å²) in [6.45, 7) is 0. The predicted octanol–water partition coefficient (Wildman–Crippen LogP) is 2.87. The highest BCUT2D eigenvalue weighted by atomic mass is 79.9. The van der Waals surface area contributed by atoms with Crippen molar-refractivity contribution < 1.29 is 4.79 Å². The van der Waals surface area contributed by atoms with E-state index in [-0.39, 0.29) is 0 Å². The molecule has 0 rings (SSSR count). The first-order valence-electron chi connectivity index (χ1n) is 3.99. The Morgan fingerprint density at radius 1 is 1.18 bits per heavy atom. The highest BCUT2D eigenvalue weighted by molar-refractivity contribution is 9.09. The zero-order chi connectivity index (χ0) is 8.36.